The number of hydrogen-bond donors (Lipinski definition) is 0. The molecule has 1 unspecified atom stereocenters. The van der Waals surface area contributed by atoms with Crippen LogP contribution in [0, 0.1) is 0 Å². The van der Waals surface area contributed by atoms with Gasteiger partial charge in [0.25, 0.3) is 0 Å². The van der Waals surface area contributed by atoms with Crippen LogP contribution in [-0.4, -0.2) is 8.07 Å². The van der Waals surface area contributed by atoms with Crippen molar-refractivity contribution in [1.82, 2.24) is 0 Å². The van der Waals surface area contributed by atoms with E-state index in [0.717, 1.165) is 0 Å². The molecule has 4 aromatic rings. The van der Waals surface area contributed by atoms with E-state index in [1.165, 1.54) is 43.4 Å². The van der Waals surface area contributed by atoms with E-state index in [1.807, 2.05) is 0 Å². The minimum atomic E-state index is -2.56. The molecule has 0 spiro atoms. The summed E-state index contributed by atoms with van der Waals surface area (Å²) in [5, 5.41) is 4.27. The second-order valence-electron chi connectivity index (χ2n) is 9.71. The fraction of sp³-hybridized carbons (Fsp3) is 0.152. The van der Waals surface area contributed by atoms with Gasteiger partial charge in [0, 0.05) is 5.04 Å². The first-order valence-electron chi connectivity index (χ1n) is 12.1. The highest BCUT2D eigenvalue weighted by Gasteiger charge is 2.55. The topological polar surface area (TPSA) is 0 Å². The largest absolute Gasteiger partial charge is 0.161 e. The maximum atomic E-state index is 2.57. The average molecular weight is 457 g/mol. The minimum absolute atomic E-state index is 0.0841. The zero-order valence-corrected chi connectivity index (χ0v) is 21.5. The first-order chi connectivity index (χ1) is 16.5. The van der Waals surface area contributed by atoms with Crippen molar-refractivity contribution in [3.63, 3.8) is 0 Å². The maximum Gasteiger partial charge on any atom is 0.161 e. The Bertz CT molecular complexity index is 1320. The van der Waals surface area contributed by atoms with Gasteiger partial charge in [-0.05, 0) is 53.0 Å². The van der Waals surface area contributed by atoms with Crippen molar-refractivity contribution < 1.29 is 0 Å². The van der Waals surface area contributed by atoms with Gasteiger partial charge in [-0.3, -0.25) is 0 Å². The summed E-state index contributed by atoms with van der Waals surface area (Å²) in [5.41, 5.74) is 6.88. The van der Waals surface area contributed by atoms with Crippen LogP contribution in [0.25, 0.3) is 11.1 Å². The molecule has 0 nitrogen and oxygen atoms in total. The van der Waals surface area contributed by atoms with Gasteiger partial charge in [0.2, 0.25) is 0 Å². The van der Waals surface area contributed by atoms with Crippen molar-refractivity contribution in [2.45, 2.75) is 32.7 Å². The lowest BCUT2D eigenvalue weighted by Crippen LogP contribution is -2.73. The van der Waals surface area contributed by atoms with Gasteiger partial charge in [-0.15, -0.1) is 0 Å². The lowest BCUT2D eigenvalue weighted by molar-refractivity contribution is 0.870. The molecule has 1 aliphatic rings. The fourth-order valence-electron chi connectivity index (χ4n) is 6.06. The minimum Gasteiger partial charge on any atom is -0.0730 e. The van der Waals surface area contributed by atoms with E-state index in [4.69, 9.17) is 0 Å². The number of allylic oxidation sites excluding steroid dienone is 4. The molecular weight excluding hydrogens is 424 g/mol. The summed E-state index contributed by atoms with van der Waals surface area (Å²) in [7, 11) is -2.56. The Balaban J connectivity index is 1.91. The molecule has 0 fully saturated rings. The Kier molecular flexibility index (Phi) is 5.75. The number of benzene rings is 4. The number of rotatable bonds is 5. The summed E-state index contributed by atoms with van der Waals surface area (Å²) in [4.78, 5) is 0. The summed E-state index contributed by atoms with van der Waals surface area (Å²) in [6, 6.07) is 42.7. The Morgan fingerprint density at radius 2 is 1.00 bits per heavy atom. The second-order valence-corrected chi connectivity index (χ2v) is 14.0. The van der Waals surface area contributed by atoms with Crippen LogP contribution in [0.3, 0.4) is 0 Å². The van der Waals surface area contributed by atoms with Crippen molar-refractivity contribution in [3.05, 3.63) is 138 Å². The molecule has 1 aliphatic carbocycles. The smallest absolute Gasteiger partial charge is 0.0730 e. The van der Waals surface area contributed by atoms with Crippen molar-refractivity contribution in [1.29, 1.82) is 0 Å². The highest BCUT2D eigenvalue weighted by atomic mass is 28.3. The lowest BCUT2D eigenvalue weighted by atomic mass is 10.0. The molecule has 34 heavy (non-hydrogen) atoms. The van der Waals surface area contributed by atoms with E-state index < -0.39 is 8.07 Å². The summed E-state index contributed by atoms with van der Waals surface area (Å²) in [6.07, 6.45) is 2.57. The SMILES string of the molecule is CC1=CC(C)([Si](c2ccccc2)(c2ccccc2)c2cccc(-c3ccccc3)c2)C(C)=C1C. The van der Waals surface area contributed by atoms with Gasteiger partial charge in [-0.25, -0.2) is 0 Å². The highest BCUT2D eigenvalue weighted by Crippen LogP contribution is 2.52. The first-order valence-corrected chi connectivity index (χ1v) is 14.1. The zero-order chi connectivity index (χ0) is 23.8. The summed E-state index contributed by atoms with van der Waals surface area (Å²) in [5.74, 6) is 0. The van der Waals surface area contributed by atoms with Crippen LogP contribution in [-0.2, 0) is 0 Å². The third kappa shape index (κ3) is 3.35. The van der Waals surface area contributed by atoms with Crippen LogP contribution in [0.4, 0.5) is 0 Å². The quantitative estimate of drug-likeness (QED) is 0.227. The Morgan fingerprint density at radius 3 is 1.50 bits per heavy atom. The van der Waals surface area contributed by atoms with Crippen LogP contribution in [0.1, 0.15) is 27.7 Å². The molecule has 0 heterocycles. The van der Waals surface area contributed by atoms with E-state index in [0.29, 0.717) is 0 Å². The average Bonchev–Trinajstić information content (AvgIpc) is 3.09. The fourth-order valence-corrected chi connectivity index (χ4v) is 12.1. The molecule has 4 aromatic carbocycles. The number of hydrogen-bond acceptors (Lipinski definition) is 0. The second kappa shape index (κ2) is 8.74. The first kappa shape index (κ1) is 22.4. The van der Waals surface area contributed by atoms with Gasteiger partial charge in [0.1, 0.15) is 0 Å². The molecule has 0 saturated heterocycles. The van der Waals surface area contributed by atoms with Gasteiger partial charge in [-0.1, -0.05) is 139 Å². The Morgan fingerprint density at radius 1 is 0.529 bits per heavy atom. The predicted octanol–water partition coefficient (Wildman–Crippen LogP) is 6.88. The van der Waals surface area contributed by atoms with Gasteiger partial charge in [-0.2, -0.15) is 0 Å². The summed E-state index contributed by atoms with van der Waals surface area (Å²) in [6.45, 7) is 9.42. The van der Waals surface area contributed by atoms with E-state index in [-0.39, 0.29) is 5.04 Å². The van der Waals surface area contributed by atoms with Crippen molar-refractivity contribution in [2.24, 2.45) is 0 Å². The van der Waals surface area contributed by atoms with E-state index in [9.17, 15) is 0 Å². The summed E-state index contributed by atoms with van der Waals surface area (Å²) < 4.78 is 0. The Hall–Kier alpha value is -3.42. The third-order valence-electron chi connectivity index (χ3n) is 8.03. The monoisotopic (exact) mass is 456 g/mol. The van der Waals surface area contributed by atoms with Crippen LogP contribution in [0.5, 0.6) is 0 Å². The molecule has 0 radical (unpaired) electrons. The van der Waals surface area contributed by atoms with E-state index in [1.54, 1.807) is 0 Å². The van der Waals surface area contributed by atoms with E-state index >= 15 is 0 Å². The summed E-state index contributed by atoms with van der Waals surface area (Å²) >= 11 is 0. The van der Waals surface area contributed by atoms with Gasteiger partial charge < -0.3 is 0 Å². The molecule has 168 valence electrons. The molecule has 0 aromatic heterocycles. The molecule has 1 heteroatoms. The zero-order valence-electron chi connectivity index (χ0n) is 20.5. The predicted molar refractivity (Wildman–Crippen MR) is 150 cm³/mol. The van der Waals surface area contributed by atoms with Gasteiger partial charge in [0.05, 0.1) is 0 Å². The molecule has 5 rings (SSSR count). The molecule has 0 aliphatic heterocycles. The standard InChI is InChI=1S/C33H32Si/c1-25-24-33(4,27(3)26(25)2)34(30-18-10-6-11-19-30,31-20-12-7-13-21-31)32-22-14-17-29(23-32)28-15-8-5-9-16-28/h5-24H,1-4H3. The van der Waals surface area contributed by atoms with Crippen LogP contribution in [0.15, 0.2) is 138 Å². The van der Waals surface area contributed by atoms with Crippen LogP contribution in [0.2, 0.25) is 5.04 Å². The third-order valence-corrected chi connectivity index (χ3v) is 13.7. The van der Waals surface area contributed by atoms with Crippen molar-refractivity contribution in [3.8, 4) is 11.1 Å². The van der Waals surface area contributed by atoms with Crippen LogP contribution >= 0.6 is 0 Å². The molecule has 0 saturated carbocycles. The highest BCUT2D eigenvalue weighted by molar-refractivity contribution is 7.14. The van der Waals surface area contributed by atoms with Crippen molar-refractivity contribution >= 4 is 23.6 Å². The molecule has 0 N–H and O–H groups in total. The van der Waals surface area contributed by atoms with Crippen LogP contribution < -0.4 is 15.6 Å². The lowest BCUT2D eigenvalue weighted by Gasteiger charge is -2.47. The molecule has 1 atom stereocenters. The normalized spacial score (nSPS) is 18.2. The van der Waals surface area contributed by atoms with Gasteiger partial charge >= 0.3 is 0 Å². The maximum absolute atomic E-state index is 2.57. The molecular formula is C33H32Si. The van der Waals surface area contributed by atoms with Gasteiger partial charge in [0.15, 0.2) is 8.07 Å². The van der Waals surface area contributed by atoms with E-state index in [2.05, 4.69) is 149 Å². The molecule has 0 amide bonds. The Labute approximate surface area is 205 Å². The molecule has 0 bridgehead atoms. The van der Waals surface area contributed by atoms with Crippen molar-refractivity contribution in [2.75, 3.05) is 0 Å².